The van der Waals surface area contributed by atoms with Crippen molar-refractivity contribution in [2.24, 2.45) is 5.92 Å². The number of benzene rings is 1. The van der Waals surface area contributed by atoms with Gasteiger partial charge in [0.1, 0.15) is 11.6 Å². The average molecular weight is 452 g/mol. The van der Waals surface area contributed by atoms with Crippen LogP contribution in [0.4, 0.5) is 11.8 Å². The van der Waals surface area contributed by atoms with Crippen LogP contribution in [0.3, 0.4) is 0 Å². The van der Waals surface area contributed by atoms with Crippen LogP contribution >= 0.6 is 0 Å². The molecule has 1 amide bonds. The first-order chi connectivity index (χ1) is 16.0. The van der Waals surface area contributed by atoms with E-state index in [0.717, 1.165) is 68.1 Å². The number of anilines is 2. The number of carbonyl (C=O) groups is 1. The summed E-state index contributed by atoms with van der Waals surface area (Å²) in [5, 5.41) is 6.73. The number of nitrogens with zero attached hydrogens (tertiary/aromatic N) is 3. The molecule has 0 radical (unpaired) electrons. The number of nitrogens with one attached hydrogen (secondary N) is 2. The van der Waals surface area contributed by atoms with Crippen LogP contribution in [0.15, 0.2) is 24.3 Å². The molecular formula is C26H37N5O2. The van der Waals surface area contributed by atoms with E-state index in [1.54, 1.807) is 7.11 Å². The van der Waals surface area contributed by atoms with Gasteiger partial charge in [0.15, 0.2) is 0 Å². The third kappa shape index (κ3) is 6.15. The summed E-state index contributed by atoms with van der Waals surface area (Å²) >= 11 is 0. The van der Waals surface area contributed by atoms with Gasteiger partial charge in [-0.15, -0.1) is 0 Å². The van der Waals surface area contributed by atoms with Gasteiger partial charge in [-0.3, -0.25) is 4.79 Å². The lowest BCUT2D eigenvalue weighted by Gasteiger charge is -2.30. The van der Waals surface area contributed by atoms with Crippen molar-refractivity contribution >= 4 is 17.7 Å². The maximum atomic E-state index is 12.3. The fourth-order valence-corrected chi connectivity index (χ4v) is 4.95. The molecule has 2 N–H and O–H groups in total. The molecule has 1 fully saturated rings. The molecule has 33 heavy (non-hydrogen) atoms. The summed E-state index contributed by atoms with van der Waals surface area (Å²) < 4.78 is 5.17. The van der Waals surface area contributed by atoms with Crippen molar-refractivity contribution in [3.8, 4) is 5.75 Å². The number of aromatic nitrogens is 2. The highest BCUT2D eigenvalue weighted by Crippen LogP contribution is 2.30. The Morgan fingerprint density at radius 3 is 2.48 bits per heavy atom. The largest absolute Gasteiger partial charge is 0.497 e. The highest BCUT2D eigenvalue weighted by Gasteiger charge is 2.24. The zero-order chi connectivity index (χ0) is 23.2. The van der Waals surface area contributed by atoms with E-state index in [0.29, 0.717) is 18.4 Å². The van der Waals surface area contributed by atoms with Gasteiger partial charge in [0.2, 0.25) is 11.9 Å². The van der Waals surface area contributed by atoms with Gasteiger partial charge in [0.05, 0.1) is 19.2 Å². The Labute approximate surface area is 197 Å². The third-order valence-corrected chi connectivity index (χ3v) is 6.88. The van der Waals surface area contributed by atoms with Crippen LogP contribution in [-0.4, -0.2) is 49.7 Å². The standard InChI is InChI=1S/C26H37N5O2/c1-31(2)25-22-6-4-5-7-23(22)29-26(30-25)28-20-12-8-19(9-13-20)17-27-24(32)16-18-10-14-21(33-3)15-11-18/h10-11,14-15,19-20H,4-9,12-13,16-17H2,1-3H3,(H,27,32)(H,28,29,30). The number of hydrogen-bond donors (Lipinski definition) is 2. The Bertz CT molecular complexity index is 936. The summed E-state index contributed by atoms with van der Waals surface area (Å²) in [6.45, 7) is 0.752. The van der Waals surface area contributed by atoms with Crippen molar-refractivity contribution in [2.45, 2.75) is 63.8 Å². The van der Waals surface area contributed by atoms with Crippen LogP contribution in [0.25, 0.3) is 0 Å². The van der Waals surface area contributed by atoms with Crippen molar-refractivity contribution in [1.82, 2.24) is 15.3 Å². The van der Waals surface area contributed by atoms with Crippen LogP contribution in [0.2, 0.25) is 0 Å². The van der Waals surface area contributed by atoms with Crippen molar-refractivity contribution < 1.29 is 9.53 Å². The van der Waals surface area contributed by atoms with E-state index in [-0.39, 0.29) is 5.91 Å². The summed E-state index contributed by atoms with van der Waals surface area (Å²) in [5.41, 5.74) is 3.55. The van der Waals surface area contributed by atoms with E-state index in [4.69, 9.17) is 14.7 Å². The topological polar surface area (TPSA) is 79.4 Å². The van der Waals surface area contributed by atoms with Crippen molar-refractivity contribution in [2.75, 3.05) is 38.0 Å². The Balaban J connectivity index is 1.24. The zero-order valence-corrected chi connectivity index (χ0v) is 20.2. The molecule has 4 rings (SSSR count). The summed E-state index contributed by atoms with van der Waals surface area (Å²) in [7, 11) is 5.77. The minimum Gasteiger partial charge on any atom is -0.497 e. The maximum Gasteiger partial charge on any atom is 0.225 e. The Morgan fingerprint density at radius 1 is 1.06 bits per heavy atom. The Kier molecular flexibility index (Phi) is 7.68. The summed E-state index contributed by atoms with van der Waals surface area (Å²) in [6, 6.07) is 8.07. The number of rotatable bonds is 8. The number of hydrogen-bond acceptors (Lipinski definition) is 6. The van der Waals surface area contributed by atoms with Crippen LogP contribution < -0.4 is 20.3 Å². The SMILES string of the molecule is COc1ccc(CC(=O)NCC2CCC(Nc3nc4c(c(N(C)C)n3)CCCC4)CC2)cc1. The minimum absolute atomic E-state index is 0.0825. The maximum absolute atomic E-state index is 12.3. The highest BCUT2D eigenvalue weighted by atomic mass is 16.5. The van der Waals surface area contributed by atoms with Gasteiger partial charge in [-0.1, -0.05) is 12.1 Å². The van der Waals surface area contributed by atoms with Crippen LogP contribution in [-0.2, 0) is 24.1 Å². The molecule has 2 aliphatic rings. The molecule has 1 aromatic heterocycles. The lowest BCUT2D eigenvalue weighted by molar-refractivity contribution is -0.120. The first-order valence-electron chi connectivity index (χ1n) is 12.2. The number of carbonyl (C=O) groups excluding carboxylic acids is 1. The highest BCUT2D eigenvalue weighted by molar-refractivity contribution is 5.78. The molecule has 2 aromatic rings. The van der Waals surface area contributed by atoms with E-state index >= 15 is 0 Å². The lowest BCUT2D eigenvalue weighted by atomic mass is 9.86. The van der Waals surface area contributed by atoms with Gasteiger partial charge in [0.25, 0.3) is 0 Å². The number of ether oxygens (including phenoxy) is 1. The van der Waals surface area contributed by atoms with E-state index in [1.165, 1.54) is 24.1 Å². The second-order valence-corrected chi connectivity index (χ2v) is 9.59. The van der Waals surface area contributed by atoms with Crippen LogP contribution in [0.5, 0.6) is 5.75 Å². The van der Waals surface area contributed by atoms with Crippen molar-refractivity contribution in [1.29, 1.82) is 0 Å². The smallest absolute Gasteiger partial charge is 0.225 e. The summed E-state index contributed by atoms with van der Waals surface area (Å²) in [6.07, 6.45) is 9.35. The van der Waals surface area contributed by atoms with Gasteiger partial charge in [-0.05, 0) is 75.0 Å². The molecule has 1 aromatic carbocycles. The second-order valence-electron chi connectivity index (χ2n) is 9.59. The molecule has 7 heteroatoms. The molecular weight excluding hydrogens is 414 g/mol. The number of fused-ring (bicyclic) bond motifs is 1. The van der Waals surface area contributed by atoms with Gasteiger partial charge < -0.3 is 20.3 Å². The lowest BCUT2D eigenvalue weighted by Crippen LogP contribution is -2.35. The van der Waals surface area contributed by atoms with E-state index in [9.17, 15) is 4.79 Å². The van der Waals surface area contributed by atoms with Gasteiger partial charge in [-0.25, -0.2) is 4.98 Å². The quantitative estimate of drug-likeness (QED) is 0.636. The molecule has 0 spiro atoms. The Morgan fingerprint density at radius 2 is 1.79 bits per heavy atom. The predicted molar refractivity (Wildman–Crippen MR) is 132 cm³/mol. The number of methoxy groups -OCH3 is 1. The van der Waals surface area contributed by atoms with E-state index in [1.807, 2.05) is 24.3 Å². The van der Waals surface area contributed by atoms with Crippen molar-refractivity contribution in [3.63, 3.8) is 0 Å². The van der Waals surface area contributed by atoms with E-state index < -0.39 is 0 Å². The molecule has 0 bridgehead atoms. The first-order valence-corrected chi connectivity index (χ1v) is 12.2. The fraction of sp³-hybridized carbons (Fsp3) is 0.577. The molecule has 178 valence electrons. The normalized spacial score (nSPS) is 20.0. The fourth-order valence-electron chi connectivity index (χ4n) is 4.95. The second kappa shape index (κ2) is 10.9. The molecule has 1 saturated carbocycles. The number of amides is 1. The third-order valence-electron chi connectivity index (χ3n) is 6.88. The van der Waals surface area contributed by atoms with E-state index in [2.05, 4.69) is 29.6 Å². The monoisotopic (exact) mass is 451 g/mol. The van der Waals surface area contributed by atoms with Crippen LogP contribution in [0, 0.1) is 5.92 Å². The molecule has 1 heterocycles. The summed E-state index contributed by atoms with van der Waals surface area (Å²) in [4.78, 5) is 24.2. The van der Waals surface area contributed by atoms with Gasteiger partial charge in [-0.2, -0.15) is 4.98 Å². The average Bonchev–Trinajstić information content (AvgIpc) is 2.83. The molecule has 0 saturated heterocycles. The molecule has 0 unspecified atom stereocenters. The Hall–Kier alpha value is -2.83. The van der Waals surface area contributed by atoms with Crippen molar-refractivity contribution in [3.05, 3.63) is 41.1 Å². The minimum atomic E-state index is 0.0825. The number of aryl methyl sites for hydroxylation is 1. The molecule has 7 nitrogen and oxygen atoms in total. The first kappa shape index (κ1) is 23.3. The summed E-state index contributed by atoms with van der Waals surface area (Å²) in [5.74, 6) is 3.26. The molecule has 2 aliphatic carbocycles. The molecule has 0 atom stereocenters. The van der Waals surface area contributed by atoms with Crippen LogP contribution in [0.1, 0.15) is 55.3 Å². The van der Waals surface area contributed by atoms with Gasteiger partial charge in [0, 0.05) is 32.2 Å². The predicted octanol–water partition coefficient (Wildman–Crippen LogP) is 3.76. The van der Waals surface area contributed by atoms with Gasteiger partial charge >= 0.3 is 0 Å². The zero-order valence-electron chi connectivity index (χ0n) is 20.2. The molecule has 0 aliphatic heterocycles.